The number of aryl methyl sites for hydroxylation is 1. The van der Waals surface area contributed by atoms with Gasteiger partial charge in [0.2, 0.25) is 5.91 Å². The maximum Gasteiger partial charge on any atom is 0.248 e. The van der Waals surface area contributed by atoms with E-state index in [9.17, 15) is 9.59 Å². The van der Waals surface area contributed by atoms with Gasteiger partial charge in [-0.3, -0.25) is 19.5 Å². The number of hydrogen-bond donors (Lipinski definition) is 1. The number of benzene rings is 2. The van der Waals surface area contributed by atoms with Gasteiger partial charge in [-0.1, -0.05) is 48.9 Å². The van der Waals surface area contributed by atoms with Gasteiger partial charge < -0.3 is 5.32 Å². The molecule has 5 nitrogen and oxygen atoms in total. The molecular formula is C29H31N3O2. The van der Waals surface area contributed by atoms with Gasteiger partial charge in [-0.15, -0.1) is 0 Å². The molecule has 0 aliphatic carbocycles. The first-order valence-electron chi connectivity index (χ1n) is 11.9. The third-order valence-electron chi connectivity index (χ3n) is 6.14. The predicted octanol–water partition coefficient (Wildman–Crippen LogP) is 5.45. The Kier molecular flexibility index (Phi) is 7.99. The van der Waals surface area contributed by atoms with Crippen molar-refractivity contribution >= 4 is 23.5 Å². The van der Waals surface area contributed by atoms with E-state index in [1.165, 1.54) is 30.9 Å². The number of amides is 1. The van der Waals surface area contributed by atoms with Crippen LogP contribution in [0.1, 0.15) is 51.9 Å². The summed E-state index contributed by atoms with van der Waals surface area (Å²) >= 11 is 0. The van der Waals surface area contributed by atoms with E-state index in [0.717, 1.165) is 36.3 Å². The van der Waals surface area contributed by atoms with Crippen LogP contribution >= 0.6 is 0 Å². The second-order valence-corrected chi connectivity index (χ2v) is 8.90. The number of nitrogens with one attached hydrogen (secondary N) is 1. The number of Topliss-reactive ketones (excluding diaryl/α,β-unsaturated/α-hetero) is 1. The van der Waals surface area contributed by atoms with Crippen LogP contribution in [0.4, 0.5) is 5.69 Å². The molecule has 0 atom stereocenters. The highest BCUT2D eigenvalue weighted by molar-refractivity contribution is 6.04. The number of carbonyl (C=O) groups excluding carboxylic acids is 2. The average molecular weight is 454 g/mol. The monoisotopic (exact) mass is 453 g/mol. The smallest absolute Gasteiger partial charge is 0.248 e. The minimum Gasteiger partial charge on any atom is -0.322 e. The van der Waals surface area contributed by atoms with Crippen molar-refractivity contribution in [3.63, 3.8) is 0 Å². The average Bonchev–Trinajstić information content (AvgIpc) is 2.85. The standard InChI is InChI=1S/C29H31N3O2/c1-22-10-12-26(19-27(22)31-29(34)13-11-23-9-6-14-30-20-23)28(33)18-24-7-5-8-25(17-24)21-32-15-3-2-4-16-32/h5-14,17,19-20H,2-4,15-16,18,21H2,1H3,(H,31,34)/b13-11+. The largest absolute Gasteiger partial charge is 0.322 e. The van der Waals surface area contributed by atoms with E-state index in [0.29, 0.717) is 17.7 Å². The molecule has 1 aliphatic rings. The number of likely N-dealkylation sites (tertiary alicyclic amines) is 1. The molecule has 1 aromatic heterocycles. The third-order valence-corrected chi connectivity index (χ3v) is 6.14. The summed E-state index contributed by atoms with van der Waals surface area (Å²) in [6.45, 7) is 5.16. The van der Waals surface area contributed by atoms with E-state index in [-0.39, 0.29) is 11.7 Å². The van der Waals surface area contributed by atoms with Crippen LogP contribution in [0.15, 0.2) is 73.1 Å². The van der Waals surface area contributed by atoms with Crippen LogP contribution in [0.25, 0.3) is 6.08 Å². The van der Waals surface area contributed by atoms with E-state index >= 15 is 0 Å². The molecule has 1 amide bonds. The summed E-state index contributed by atoms with van der Waals surface area (Å²) in [5.74, 6) is -0.210. The van der Waals surface area contributed by atoms with Gasteiger partial charge in [-0.2, -0.15) is 0 Å². The fourth-order valence-electron chi connectivity index (χ4n) is 4.25. The number of aromatic nitrogens is 1. The Morgan fingerprint density at radius 2 is 1.82 bits per heavy atom. The van der Waals surface area contributed by atoms with E-state index in [2.05, 4.69) is 27.3 Å². The molecule has 1 fully saturated rings. The molecule has 2 aromatic carbocycles. The number of anilines is 1. The van der Waals surface area contributed by atoms with Gasteiger partial charge in [0.15, 0.2) is 5.78 Å². The van der Waals surface area contributed by atoms with Gasteiger partial charge in [0.1, 0.15) is 0 Å². The van der Waals surface area contributed by atoms with Crippen LogP contribution in [0.5, 0.6) is 0 Å². The topological polar surface area (TPSA) is 62.3 Å². The molecule has 34 heavy (non-hydrogen) atoms. The molecule has 174 valence electrons. The molecule has 2 heterocycles. The molecule has 3 aromatic rings. The van der Waals surface area contributed by atoms with Crippen molar-refractivity contribution in [1.29, 1.82) is 0 Å². The first kappa shape index (κ1) is 23.6. The number of nitrogens with zero attached hydrogens (tertiary/aromatic N) is 2. The second-order valence-electron chi connectivity index (χ2n) is 8.90. The normalized spacial score (nSPS) is 14.3. The lowest BCUT2D eigenvalue weighted by molar-refractivity contribution is -0.111. The Morgan fingerprint density at radius 3 is 2.62 bits per heavy atom. The summed E-state index contributed by atoms with van der Waals surface area (Å²) < 4.78 is 0. The van der Waals surface area contributed by atoms with E-state index in [1.807, 2.05) is 43.3 Å². The Balaban J connectivity index is 1.40. The number of ketones is 1. The minimum atomic E-state index is -0.248. The van der Waals surface area contributed by atoms with Crippen LogP contribution in [-0.2, 0) is 17.8 Å². The lowest BCUT2D eigenvalue weighted by atomic mass is 9.99. The summed E-state index contributed by atoms with van der Waals surface area (Å²) in [4.78, 5) is 32.0. The molecule has 0 saturated carbocycles. The summed E-state index contributed by atoms with van der Waals surface area (Å²) in [6.07, 6.45) is 10.8. The molecule has 0 unspecified atom stereocenters. The molecule has 0 spiro atoms. The Labute approximate surface area is 201 Å². The van der Waals surface area contributed by atoms with Gasteiger partial charge in [-0.05, 0) is 73.3 Å². The lowest BCUT2D eigenvalue weighted by Gasteiger charge is -2.26. The predicted molar refractivity (Wildman–Crippen MR) is 137 cm³/mol. The minimum absolute atomic E-state index is 0.0384. The highest BCUT2D eigenvalue weighted by Crippen LogP contribution is 2.20. The SMILES string of the molecule is Cc1ccc(C(=O)Cc2cccc(CN3CCCCC3)c2)cc1NC(=O)/C=C/c1cccnc1. The first-order chi connectivity index (χ1) is 16.6. The number of rotatable bonds is 8. The van der Waals surface area contributed by atoms with Crippen LogP contribution in [0.2, 0.25) is 0 Å². The maximum atomic E-state index is 13.0. The summed E-state index contributed by atoms with van der Waals surface area (Å²) in [5, 5.41) is 2.89. The van der Waals surface area contributed by atoms with Crippen LogP contribution in [0, 0.1) is 6.92 Å². The molecular weight excluding hydrogens is 422 g/mol. The van der Waals surface area contributed by atoms with Crippen molar-refractivity contribution in [2.24, 2.45) is 0 Å². The maximum absolute atomic E-state index is 13.0. The number of piperidine rings is 1. The van der Waals surface area contributed by atoms with Crippen LogP contribution < -0.4 is 5.32 Å². The van der Waals surface area contributed by atoms with Gasteiger partial charge in [0.05, 0.1) is 0 Å². The number of pyridine rings is 1. The highest BCUT2D eigenvalue weighted by Gasteiger charge is 2.13. The molecule has 1 N–H and O–H groups in total. The third kappa shape index (κ3) is 6.72. The van der Waals surface area contributed by atoms with Gasteiger partial charge >= 0.3 is 0 Å². The molecule has 1 aliphatic heterocycles. The van der Waals surface area contributed by atoms with Crippen molar-refractivity contribution in [3.05, 3.63) is 101 Å². The first-order valence-corrected chi connectivity index (χ1v) is 11.9. The van der Waals surface area contributed by atoms with Crippen LogP contribution in [0.3, 0.4) is 0 Å². The number of carbonyl (C=O) groups is 2. The van der Waals surface area contributed by atoms with Crippen molar-refractivity contribution in [3.8, 4) is 0 Å². The highest BCUT2D eigenvalue weighted by atomic mass is 16.1. The van der Waals surface area contributed by atoms with Crippen molar-refractivity contribution in [1.82, 2.24) is 9.88 Å². The van der Waals surface area contributed by atoms with Gasteiger partial charge in [0, 0.05) is 42.7 Å². The summed E-state index contributed by atoms with van der Waals surface area (Å²) in [6, 6.07) is 17.5. The second kappa shape index (κ2) is 11.5. The Hall–Kier alpha value is -3.57. The van der Waals surface area contributed by atoms with Crippen LogP contribution in [-0.4, -0.2) is 34.7 Å². The van der Waals surface area contributed by atoms with E-state index in [4.69, 9.17) is 0 Å². The molecule has 0 radical (unpaired) electrons. The molecule has 5 heteroatoms. The summed E-state index contributed by atoms with van der Waals surface area (Å²) in [5.41, 5.74) is 5.27. The quantitative estimate of drug-likeness (QED) is 0.364. The number of hydrogen-bond acceptors (Lipinski definition) is 4. The lowest BCUT2D eigenvalue weighted by Crippen LogP contribution is -2.29. The zero-order valence-corrected chi connectivity index (χ0v) is 19.7. The fourth-order valence-corrected chi connectivity index (χ4v) is 4.25. The van der Waals surface area contributed by atoms with E-state index in [1.54, 1.807) is 24.5 Å². The Bertz CT molecular complexity index is 1170. The zero-order valence-electron chi connectivity index (χ0n) is 19.7. The zero-order chi connectivity index (χ0) is 23.8. The Morgan fingerprint density at radius 1 is 1.00 bits per heavy atom. The molecule has 0 bridgehead atoms. The van der Waals surface area contributed by atoms with E-state index < -0.39 is 0 Å². The van der Waals surface area contributed by atoms with Gasteiger partial charge in [-0.25, -0.2) is 0 Å². The molecule has 1 saturated heterocycles. The van der Waals surface area contributed by atoms with Crippen molar-refractivity contribution in [2.45, 2.75) is 39.2 Å². The van der Waals surface area contributed by atoms with Crippen molar-refractivity contribution in [2.75, 3.05) is 18.4 Å². The summed E-state index contributed by atoms with van der Waals surface area (Å²) in [7, 11) is 0. The van der Waals surface area contributed by atoms with Crippen molar-refractivity contribution < 1.29 is 9.59 Å². The van der Waals surface area contributed by atoms with Gasteiger partial charge in [0.25, 0.3) is 0 Å². The molecule has 4 rings (SSSR count). The fraction of sp³-hybridized carbons (Fsp3) is 0.276.